The number of ether oxygens (including phenoxy) is 1. The van der Waals surface area contributed by atoms with Gasteiger partial charge in [0.2, 0.25) is 0 Å². The highest BCUT2D eigenvalue weighted by atomic mass is 16.5. The predicted molar refractivity (Wildman–Crippen MR) is 134 cm³/mol. The molecule has 5 rings (SSSR count). The van der Waals surface area contributed by atoms with E-state index in [-0.39, 0.29) is 12.2 Å². The molecule has 0 spiro atoms. The molecule has 1 saturated heterocycles. The van der Waals surface area contributed by atoms with E-state index in [4.69, 9.17) is 15.0 Å². The maximum atomic E-state index is 10.1. The monoisotopic (exact) mass is 444 g/mol. The van der Waals surface area contributed by atoms with Gasteiger partial charge in [-0.05, 0) is 49.2 Å². The lowest BCUT2D eigenvalue weighted by atomic mass is 9.94. The van der Waals surface area contributed by atoms with Crippen LogP contribution in [0.15, 0.2) is 72.9 Å². The largest absolute Gasteiger partial charge is 0.372 e. The number of para-hydroxylation sites is 1. The van der Waals surface area contributed by atoms with E-state index in [2.05, 4.69) is 55.2 Å². The molecule has 0 amide bonds. The maximum absolute atomic E-state index is 10.1. The Labute approximate surface area is 199 Å². The molecule has 1 aliphatic heterocycles. The molecule has 5 nitrogen and oxygen atoms in total. The molecule has 1 aromatic heterocycles. The number of hydrogen-bond donors (Lipinski definition) is 0. The van der Waals surface area contributed by atoms with Crippen LogP contribution in [-0.4, -0.2) is 30.3 Å². The first-order valence-electron chi connectivity index (χ1n) is 11.4. The number of pyridine rings is 1. The quantitative estimate of drug-likeness (QED) is 0.392. The van der Waals surface area contributed by atoms with Crippen molar-refractivity contribution in [1.82, 2.24) is 4.98 Å². The summed E-state index contributed by atoms with van der Waals surface area (Å²) in [6, 6.07) is 26.2. The second-order valence-electron chi connectivity index (χ2n) is 8.76. The third kappa shape index (κ3) is 3.99. The highest BCUT2D eigenvalue weighted by Gasteiger charge is 2.22. The van der Waals surface area contributed by atoms with Crippen LogP contribution in [0.3, 0.4) is 0 Å². The molecule has 2 heterocycles. The third-order valence-electron chi connectivity index (χ3n) is 6.30. The van der Waals surface area contributed by atoms with Gasteiger partial charge in [0, 0.05) is 41.5 Å². The summed E-state index contributed by atoms with van der Waals surface area (Å²) in [6.45, 7) is 5.93. The van der Waals surface area contributed by atoms with Crippen LogP contribution in [0.1, 0.15) is 25.0 Å². The van der Waals surface area contributed by atoms with Crippen LogP contribution in [0.5, 0.6) is 0 Å². The van der Waals surface area contributed by atoms with E-state index in [1.807, 2.05) is 30.3 Å². The summed E-state index contributed by atoms with van der Waals surface area (Å²) in [6.07, 6.45) is 2.19. The molecule has 1 fully saturated rings. The van der Waals surface area contributed by atoms with Gasteiger partial charge in [-0.1, -0.05) is 42.5 Å². The average Bonchev–Trinajstić information content (AvgIpc) is 2.87. The Hall–Kier alpha value is -4.19. The fraction of sp³-hybridized carbons (Fsp3) is 0.207. The van der Waals surface area contributed by atoms with Crippen LogP contribution in [0.2, 0.25) is 0 Å². The highest BCUT2D eigenvalue weighted by Crippen LogP contribution is 2.34. The zero-order valence-electron chi connectivity index (χ0n) is 19.2. The van der Waals surface area contributed by atoms with E-state index in [1.165, 1.54) is 0 Å². The Kier molecular flexibility index (Phi) is 5.72. The molecule has 0 aliphatic carbocycles. The van der Waals surface area contributed by atoms with Crippen LogP contribution in [-0.2, 0) is 4.74 Å². The van der Waals surface area contributed by atoms with Crippen LogP contribution in [0.4, 0.5) is 5.69 Å². The molecule has 0 N–H and O–H groups in total. The number of nitriles is 2. The smallest absolute Gasteiger partial charge is 0.101 e. The van der Waals surface area contributed by atoms with Gasteiger partial charge < -0.3 is 9.64 Å². The van der Waals surface area contributed by atoms with Gasteiger partial charge in [0.05, 0.1) is 34.9 Å². The molecule has 0 radical (unpaired) electrons. The van der Waals surface area contributed by atoms with Crippen molar-refractivity contribution >= 4 is 16.6 Å². The first kappa shape index (κ1) is 21.6. The van der Waals surface area contributed by atoms with E-state index >= 15 is 0 Å². The number of benzene rings is 3. The molecule has 3 aromatic carbocycles. The fourth-order valence-electron chi connectivity index (χ4n) is 4.76. The summed E-state index contributed by atoms with van der Waals surface area (Å²) in [5.41, 5.74) is 6.85. The Morgan fingerprint density at radius 2 is 1.47 bits per heavy atom. The standard InChI is InChI=1S/C29H24N4O/c1-19-17-33(18-20(2)34-19)24-12-10-23(11-13-24)28-16-32-29-25(4-3-5-26(29)27(28)15-31)22-8-6-21(14-30)7-9-22/h3-13,16,19-20H,17-18H2,1-2H3. The zero-order valence-corrected chi connectivity index (χ0v) is 19.2. The van der Waals surface area contributed by atoms with Crippen LogP contribution >= 0.6 is 0 Å². The molecule has 0 bridgehead atoms. The third-order valence-corrected chi connectivity index (χ3v) is 6.30. The Bertz CT molecular complexity index is 1420. The van der Waals surface area contributed by atoms with Crippen molar-refractivity contribution in [1.29, 1.82) is 10.5 Å². The van der Waals surface area contributed by atoms with Gasteiger partial charge in [0.25, 0.3) is 0 Å². The molecule has 166 valence electrons. The summed E-state index contributed by atoms with van der Waals surface area (Å²) < 4.78 is 5.85. The van der Waals surface area contributed by atoms with E-state index in [1.54, 1.807) is 18.3 Å². The lowest BCUT2D eigenvalue weighted by Crippen LogP contribution is -2.45. The molecule has 0 saturated carbocycles. The van der Waals surface area contributed by atoms with E-state index in [0.717, 1.165) is 51.9 Å². The van der Waals surface area contributed by atoms with Gasteiger partial charge in [-0.2, -0.15) is 10.5 Å². The molecule has 2 unspecified atom stereocenters. The molecule has 2 atom stereocenters. The van der Waals surface area contributed by atoms with E-state index in [0.29, 0.717) is 11.1 Å². The van der Waals surface area contributed by atoms with Gasteiger partial charge in [0.15, 0.2) is 0 Å². The first-order valence-corrected chi connectivity index (χ1v) is 11.4. The van der Waals surface area contributed by atoms with Crippen LogP contribution in [0, 0.1) is 22.7 Å². The maximum Gasteiger partial charge on any atom is 0.101 e. The summed E-state index contributed by atoms with van der Waals surface area (Å²) in [4.78, 5) is 7.12. The second-order valence-corrected chi connectivity index (χ2v) is 8.76. The van der Waals surface area contributed by atoms with Gasteiger partial charge in [-0.15, -0.1) is 0 Å². The number of hydrogen-bond acceptors (Lipinski definition) is 5. The normalized spacial score (nSPS) is 17.8. The molecule has 5 heteroatoms. The van der Waals surface area contributed by atoms with E-state index < -0.39 is 0 Å². The summed E-state index contributed by atoms with van der Waals surface area (Å²) in [7, 11) is 0. The Balaban J connectivity index is 1.53. The fourth-order valence-corrected chi connectivity index (χ4v) is 4.76. The SMILES string of the molecule is CC1CN(c2ccc(-c3cnc4c(-c5ccc(C#N)cc5)cccc4c3C#N)cc2)CC(C)O1. The van der Waals surface area contributed by atoms with Crippen molar-refractivity contribution in [2.75, 3.05) is 18.0 Å². The van der Waals surface area contributed by atoms with Gasteiger partial charge in [0.1, 0.15) is 6.07 Å². The Morgan fingerprint density at radius 1 is 0.824 bits per heavy atom. The number of aromatic nitrogens is 1. The van der Waals surface area contributed by atoms with Crippen molar-refractivity contribution < 1.29 is 4.74 Å². The minimum atomic E-state index is 0.198. The highest BCUT2D eigenvalue weighted by molar-refractivity contribution is 5.99. The molecule has 1 aliphatic rings. The summed E-state index contributed by atoms with van der Waals surface area (Å²) >= 11 is 0. The van der Waals surface area contributed by atoms with Crippen molar-refractivity contribution in [2.24, 2.45) is 0 Å². The van der Waals surface area contributed by atoms with Crippen molar-refractivity contribution in [3.63, 3.8) is 0 Å². The lowest BCUT2D eigenvalue weighted by molar-refractivity contribution is -0.00521. The lowest BCUT2D eigenvalue weighted by Gasteiger charge is -2.36. The van der Waals surface area contributed by atoms with Crippen molar-refractivity contribution in [2.45, 2.75) is 26.1 Å². The van der Waals surface area contributed by atoms with Gasteiger partial charge >= 0.3 is 0 Å². The Morgan fingerprint density at radius 3 is 2.12 bits per heavy atom. The second kappa shape index (κ2) is 8.98. The molecular formula is C29H24N4O. The van der Waals surface area contributed by atoms with Gasteiger partial charge in [-0.3, -0.25) is 4.98 Å². The minimum Gasteiger partial charge on any atom is -0.372 e. The minimum absolute atomic E-state index is 0.198. The topological polar surface area (TPSA) is 72.9 Å². The molecule has 4 aromatic rings. The van der Waals surface area contributed by atoms with Crippen LogP contribution < -0.4 is 4.90 Å². The zero-order chi connectivity index (χ0) is 23.7. The van der Waals surface area contributed by atoms with Crippen molar-refractivity contribution in [3.8, 4) is 34.4 Å². The summed E-state index contributed by atoms with van der Waals surface area (Å²) in [5.74, 6) is 0. The predicted octanol–water partition coefficient (Wildman–Crippen LogP) is 5.93. The van der Waals surface area contributed by atoms with E-state index in [9.17, 15) is 5.26 Å². The van der Waals surface area contributed by atoms with Gasteiger partial charge in [-0.25, -0.2) is 0 Å². The number of nitrogens with zero attached hydrogens (tertiary/aromatic N) is 4. The van der Waals surface area contributed by atoms with Crippen LogP contribution in [0.25, 0.3) is 33.2 Å². The number of morpholine rings is 1. The number of rotatable bonds is 3. The first-order chi connectivity index (χ1) is 16.6. The number of fused-ring (bicyclic) bond motifs is 1. The number of anilines is 1. The molecule has 34 heavy (non-hydrogen) atoms. The summed E-state index contributed by atoms with van der Waals surface area (Å²) in [5, 5.41) is 20.0. The molecular weight excluding hydrogens is 420 g/mol. The van der Waals surface area contributed by atoms with Crippen molar-refractivity contribution in [3.05, 3.63) is 84.1 Å². The average molecular weight is 445 g/mol.